The first kappa shape index (κ1) is 18.6. The molecule has 0 atom stereocenters. The minimum atomic E-state index is 0.601. The number of aryl methyl sites for hydroxylation is 1. The summed E-state index contributed by atoms with van der Waals surface area (Å²) >= 11 is 0. The van der Waals surface area contributed by atoms with Gasteiger partial charge in [0.2, 0.25) is 5.95 Å². The van der Waals surface area contributed by atoms with Crippen LogP contribution in [0, 0.1) is 0 Å². The fourth-order valence-electron chi connectivity index (χ4n) is 2.74. The summed E-state index contributed by atoms with van der Waals surface area (Å²) in [5, 5.41) is 7.70. The van der Waals surface area contributed by atoms with Gasteiger partial charge in [0.25, 0.3) is 0 Å². The summed E-state index contributed by atoms with van der Waals surface area (Å²) < 4.78 is 17.6. The van der Waals surface area contributed by atoms with Gasteiger partial charge in [-0.25, -0.2) is 0 Å². The summed E-state index contributed by atoms with van der Waals surface area (Å²) in [7, 11) is 6.80. The Hall–Kier alpha value is -3.22. The number of rotatable bonds is 8. The summed E-state index contributed by atoms with van der Waals surface area (Å²) in [5.74, 6) is 3.71. The van der Waals surface area contributed by atoms with Crippen molar-refractivity contribution in [2.45, 2.75) is 13.0 Å². The van der Waals surface area contributed by atoms with Crippen molar-refractivity contribution in [2.75, 3.05) is 26.6 Å². The molecule has 142 valence electrons. The zero-order chi connectivity index (χ0) is 19.2. The van der Waals surface area contributed by atoms with Crippen LogP contribution in [0.3, 0.4) is 0 Å². The highest BCUT2D eigenvalue weighted by atomic mass is 16.5. The largest absolute Gasteiger partial charge is 0.497 e. The molecule has 27 heavy (non-hydrogen) atoms. The van der Waals surface area contributed by atoms with Crippen LogP contribution >= 0.6 is 0 Å². The zero-order valence-corrected chi connectivity index (χ0v) is 16.0. The molecule has 1 aromatic heterocycles. The van der Waals surface area contributed by atoms with Crippen molar-refractivity contribution in [3.05, 3.63) is 59.4 Å². The van der Waals surface area contributed by atoms with E-state index in [2.05, 4.69) is 15.4 Å². The molecule has 0 saturated heterocycles. The zero-order valence-electron chi connectivity index (χ0n) is 16.0. The Labute approximate surface area is 158 Å². The number of ether oxygens (including phenoxy) is 3. The first-order valence-electron chi connectivity index (χ1n) is 8.60. The van der Waals surface area contributed by atoms with Crippen molar-refractivity contribution < 1.29 is 14.2 Å². The molecule has 0 aliphatic heterocycles. The molecule has 1 N–H and O–H groups in total. The Morgan fingerprint density at radius 2 is 1.59 bits per heavy atom. The Morgan fingerprint density at radius 1 is 0.889 bits per heavy atom. The van der Waals surface area contributed by atoms with Gasteiger partial charge < -0.3 is 19.5 Å². The molecule has 0 aliphatic rings. The van der Waals surface area contributed by atoms with Crippen LogP contribution in [-0.4, -0.2) is 36.1 Å². The molecular formula is C20H24N4O3. The van der Waals surface area contributed by atoms with E-state index in [0.29, 0.717) is 30.4 Å². The second kappa shape index (κ2) is 8.44. The standard InChI is InChI=1S/C20H24N4O3/c1-24-19(12-15-7-10-17(26-3)18(11-15)27-4)22-20(23-24)21-13-14-5-8-16(25-2)9-6-14/h5-11H,12-13H2,1-4H3,(H,21,23). The van der Waals surface area contributed by atoms with E-state index < -0.39 is 0 Å². The van der Waals surface area contributed by atoms with Gasteiger partial charge in [-0.15, -0.1) is 5.10 Å². The van der Waals surface area contributed by atoms with Crippen molar-refractivity contribution in [2.24, 2.45) is 7.05 Å². The summed E-state index contributed by atoms with van der Waals surface area (Å²) in [6.07, 6.45) is 0.647. The van der Waals surface area contributed by atoms with Crippen LogP contribution in [0.5, 0.6) is 17.2 Å². The first-order valence-corrected chi connectivity index (χ1v) is 8.60. The monoisotopic (exact) mass is 368 g/mol. The van der Waals surface area contributed by atoms with Crippen molar-refractivity contribution in [3.8, 4) is 17.2 Å². The van der Waals surface area contributed by atoms with E-state index in [0.717, 1.165) is 22.7 Å². The molecule has 0 bridgehead atoms. The molecule has 0 saturated carbocycles. The summed E-state index contributed by atoms with van der Waals surface area (Å²) in [6.45, 7) is 0.643. The number of aromatic nitrogens is 3. The van der Waals surface area contributed by atoms with Gasteiger partial charge >= 0.3 is 0 Å². The molecule has 0 aliphatic carbocycles. The molecule has 7 heteroatoms. The average Bonchev–Trinajstić information content (AvgIpc) is 3.06. The highest BCUT2D eigenvalue weighted by molar-refractivity contribution is 5.43. The second-order valence-electron chi connectivity index (χ2n) is 6.04. The lowest BCUT2D eigenvalue weighted by molar-refractivity contribution is 0.354. The van der Waals surface area contributed by atoms with Crippen LogP contribution in [0.2, 0.25) is 0 Å². The third-order valence-corrected chi connectivity index (χ3v) is 4.27. The first-order chi connectivity index (χ1) is 13.1. The van der Waals surface area contributed by atoms with E-state index in [9.17, 15) is 0 Å². The van der Waals surface area contributed by atoms with Gasteiger partial charge in [0, 0.05) is 20.0 Å². The number of hydrogen-bond acceptors (Lipinski definition) is 6. The van der Waals surface area contributed by atoms with Crippen LogP contribution in [-0.2, 0) is 20.0 Å². The van der Waals surface area contributed by atoms with Gasteiger partial charge in [0.15, 0.2) is 11.5 Å². The van der Waals surface area contributed by atoms with Gasteiger partial charge in [0.05, 0.1) is 21.3 Å². The van der Waals surface area contributed by atoms with Crippen LogP contribution in [0.15, 0.2) is 42.5 Å². The predicted octanol–water partition coefficient (Wildman–Crippen LogP) is 3.04. The molecule has 0 unspecified atom stereocenters. The van der Waals surface area contributed by atoms with E-state index in [1.54, 1.807) is 26.0 Å². The highest BCUT2D eigenvalue weighted by Crippen LogP contribution is 2.28. The smallest absolute Gasteiger partial charge is 0.242 e. The van der Waals surface area contributed by atoms with Crippen LogP contribution in [0.1, 0.15) is 17.0 Å². The molecule has 0 fully saturated rings. The molecular weight excluding hydrogens is 344 g/mol. The normalized spacial score (nSPS) is 10.5. The minimum Gasteiger partial charge on any atom is -0.497 e. The lowest BCUT2D eigenvalue weighted by atomic mass is 10.1. The maximum Gasteiger partial charge on any atom is 0.242 e. The SMILES string of the molecule is COc1ccc(CNc2nc(Cc3ccc(OC)c(OC)c3)n(C)n2)cc1. The van der Waals surface area contributed by atoms with Gasteiger partial charge in [0.1, 0.15) is 11.6 Å². The summed E-state index contributed by atoms with van der Waals surface area (Å²) in [6, 6.07) is 13.8. The molecule has 2 aromatic carbocycles. The predicted molar refractivity (Wildman–Crippen MR) is 104 cm³/mol. The van der Waals surface area contributed by atoms with Crippen molar-refractivity contribution in [1.29, 1.82) is 0 Å². The lowest BCUT2D eigenvalue weighted by Crippen LogP contribution is -2.01. The molecule has 1 heterocycles. The molecule has 3 rings (SSSR count). The van der Waals surface area contributed by atoms with E-state index in [4.69, 9.17) is 14.2 Å². The second-order valence-corrected chi connectivity index (χ2v) is 6.04. The van der Waals surface area contributed by atoms with Gasteiger partial charge in [-0.2, -0.15) is 4.98 Å². The topological polar surface area (TPSA) is 70.4 Å². The van der Waals surface area contributed by atoms with E-state index >= 15 is 0 Å². The number of hydrogen-bond donors (Lipinski definition) is 1. The molecule has 0 spiro atoms. The fraction of sp³-hybridized carbons (Fsp3) is 0.300. The minimum absolute atomic E-state index is 0.601. The lowest BCUT2D eigenvalue weighted by Gasteiger charge is -2.09. The van der Waals surface area contributed by atoms with Crippen molar-refractivity contribution in [3.63, 3.8) is 0 Å². The number of nitrogens with zero attached hydrogens (tertiary/aromatic N) is 3. The summed E-state index contributed by atoms with van der Waals surface area (Å²) in [5.41, 5.74) is 2.20. The number of anilines is 1. The maximum atomic E-state index is 5.36. The summed E-state index contributed by atoms with van der Waals surface area (Å²) in [4.78, 5) is 4.60. The Balaban J connectivity index is 1.67. The fourth-order valence-corrected chi connectivity index (χ4v) is 2.74. The van der Waals surface area contributed by atoms with Gasteiger partial charge in [-0.1, -0.05) is 18.2 Å². The number of benzene rings is 2. The van der Waals surface area contributed by atoms with Crippen LogP contribution in [0.25, 0.3) is 0 Å². The maximum absolute atomic E-state index is 5.36. The number of methoxy groups -OCH3 is 3. The van der Waals surface area contributed by atoms with E-state index in [-0.39, 0.29) is 0 Å². The Bertz CT molecular complexity index is 891. The number of nitrogens with one attached hydrogen (secondary N) is 1. The molecule has 7 nitrogen and oxygen atoms in total. The van der Waals surface area contributed by atoms with Crippen LogP contribution in [0.4, 0.5) is 5.95 Å². The average molecular weight is 368 g/mol. The van der Waals surface area contributed by atoms with E-state index in [1.807, 2.05) is 49.5 Å². The van der Waals surface area contributed by atoms with E-state index in [1.165, 1.54) is 0 Å². The van der Waals surface area contributed by atoms with Gasteiger partial charge in [-0.05, 0) is 35.4 Å². The Morgan fingerprint density at radius 3 is 2.26 bits per heavy atom. The quantitative estimate of drug-likeness (QED) is 0.659. The highest BCUT2D eigenvalue weighted by Gasteiger charge is 2.10. The Kier molecular flexibility index (Phi) is 5.80. The van der Waals surface area contributed by atoms with Crippen LogP contribution < -0.4 is 19.5 Å². The third-order valence-electron chi connectivity index (χ3n) is 4.27. The van der Waals surface area contributed by atoms with Gasteiger partial charge in [-0.3, -0.25) is 4.68 Å². The van der Waals surface area contributed by atoms with Crippen molar-refractivity contribution >= 4 is 5.95 Å². The third kappa shape index (κ3) is 4.49. The van der Waals surface area contributed by atoms with Crippen molar-refractivity contribution in [1.82, 2.24) is 14.8 Å². The molecule has 3 aromatic rings. The molecule has 0 amide bonds. The molecule has 0 radical (unpaired) electrons.